The highest BCUT2D eigenvalue weighted by Crippen LogP contribution is 2.39. The standard InChI is InChI=1S/C29H37N7O/c1-5-34(15-14-33(3)4)22(2)23-8-6-9-24(20-23)27-26-11-13-36(25-10-7-12-30-21-25)28(26)32-29(31-27)35-16-18-37-19-17-35/h6-10,12,20-21H,2,5,11,13-19H2,1,3-4H3. The lowest BCUT2D eigenvalue weighted by Gasteiger charge is -2.29. The van der Waals surface area contributed by atoms with Gasteiger partial charge in [-0.05, 0) is 51.2 Å². The van der Waals surface area contributed by atoms with Crippen LogP contribution in [0.4, 0.5) is 17.5 Å². The minimum Gasteiger partial charge on any atom is -0.378 e. The van der Waals surface area contributed by atoms with E-state index >= 15 is 0 Å². The smallest absolute Gasteiger partial charge is 0.228 e. The van der Waals surface area contributed by atoms with Crippen molar-refractivity contribution in [1.29, 1.82) is 0 Å². The molecule has 0 radical (unpaired) electrons. The van der Waals surface area contributed by atoms with Gasteiger partial charge in [-0.15, -0.1) is 0 Å². The molecule has 0 atom stereocenters. The van der Waals surface area contributed by atoms with Crippen LogP contribution in [0.5, 0.6) is 0 Å². The molecule has 8 nitrogen and oxygen atoms in total. The number of benzene rings is 1. The lowest BCUT2D eigenvalue weighted by atomic mass is 10.0. The third kappa shape index (κ3) is 5.45. The summed E-state index contributed by atoms with van der Waals surface area (Å²) in [5.41, 5.74) is 6.51. The molecule has 5 rings (SSSR count). The molecule has 1 aromatic carbocycles. The van der Waals surface area contributed by atoms with Crippen LogP contribution in [0.15, 0.2) is 55.4 Å². The van der Waals surface area contributed by atoms with Crippen molar-refractivity contribution in [2.75, 3.05) is 76.4 Å². The molecule has 37 heavy (non-hydrogen) atoms. The number of nitrogens with zero attached hydrogens (tertiary/aromatic N) is 7. The molecule has 0 bridgehead atoms. The van der Waals surface area contributed by atoms with Crippen LogP contribution in [0, 0.1) is 0 Å². The Morgan fingerprint density at radius 3 is 2.62 bits per heavy atom. The van der Waals surface area contributed by atoms with Gasteiger partial charge in [-0.25, -0.2) is 4.98 Å². The molecule has 0 saturated carbocycles. The van der Waals surface area contributed by atoms with E-state index in [0.29, 0.717) is 13.2 Å². The summed E-state index contributed by atoms with van der Waals surface area (Å²) in [5, 5.41) is 0. The molecule has 2 aliphatic rings. The second-order valence-corrected chi connectivity index (χ2v) is 9.80. The number of pyridine rings is 1. The van der Waals surface area contributed by atoms with Gasteiger partial charge in [-0.3, -0.25) is 4.98 Å². The van der Waals surface area contributed by atoms with E-state index in [2.05, 4.69) is 82.5 Å². The van der Waals surface area contributed by atoms with Crippen molar-refractivity contribution in [3.05, 3.63) is 66.5 Å². The van der Waals surface area contributed by atoms with E-state index in [9.17, 15) is 0 Å². The second-order valence-electron chi connectivity index (χ2n) is 9.80. The van der Waals surface area contributed by atoms with Gasteiger partial charge in [0.2, 0.25) is 5.95 Å². The van der Waals surface area contributed by atoms with E-state index in [-0.39, 0.29) is 0 Å². The lowest BCUT2D eigenvalue weighted by molar-refractivity contribution is 0.122. The van der Waals surface area contributed by atoms with Gasteiger partial charge in [0, 0.05) is 62.3 Å². The Morgan fingerprint density at radius 1 is 1.05 bits per heavy atom. The van der Waals surface area contributed by atoms with E-state index in [1.165, 1.54) is 5.56 Å². The number of rotatable bonds is 9. The van der Waals surface area contributed by atoms with Crippen molar-refractivity contribution >= 4 is 23.2 Å². The molecule has 1 saturated heterocycles. The third-order valence-electron chi connectivity index (χ3n) is 7.12. The van der Waals surface area contributed by atoms with Crippen molar-refractivity contribution in [3.8, 4) is 11.3 Å². The largest absolute Gasteiger partial charge is 0.378 e. The summed E-state index contributed by atoms with van der Waals surface area (Å²) in [6.45, 7) is 13.3. The van der Waals surface area contributed by atoms with Crippen LogP contribution in [0.1, 0.15) is 18.1 Å². The minimum absolute atomic E-state index is 0.692. The zero-order chi connectivity index (χ0) is 25.8. The van der Waals surface area contributed by atoms with Crippen molar-refractivity contribution in [2.24, 2.45) is 0 Å². The molecular formula is C29H37N7O. The van der Waals surface area contributed by atoms with E-state index in [4.69, 9.17) is 14.7 Å². The normalized spacial score (nSPS) is 15.2. The molecule has 2 aliphatic heterocycles. The van der Waals surface area contributed by atoms with Gasteiger partial charge in [0.15, 0.2) is 0 Å². The van der Waals surface area contributed by atoms with E-state index in [1.807, 2.05) is 18.5 Å². The third-order valence-corrected chi connectivity index (χ3v) is 7.12. The van der Waals surface area contributed by atoms with Crippen LogP contribution in [0.25, 0.3) is 17.0 Å². The first-order chi connectivity index (χ1) is 18.0. The van der Waals surface area contributed by atoms with Gasteiger partial charge in [0.1, 0.15) is 5.82 Å². The number of morpholine rings is 1. The number of hydrogen-bond acceptors (Lipinski definition) is 8. The molecule has 8 heteroatoms. The maximum Gasteiger partial charge on any atom is 0.228 e. The number of hydrogen-bond donors (Lipinski definition) is 0. The SMILES string of the molecule is C=C(c1cccc(-c2nc(N3CCOCC3)nc3c2CCN3c2cccnc2)c1)N(CC)CCN(C)C. The van der Waals surface area contributed by atoms with Crippen molar-refractivity contribution in [3.63, 3.8) is 0 Å². The Labute approximate surface area is 220 Å². The molecule has 4 heterocycles. The van der Waals surface area contributed by atoms with Crippen molar-refractivity contribution in [2.45, 2.75) is 13.3 Å². The first-order valence-corrected chi connectivity index (χ1v) is 13.2. The topological polar surface area (TPSA) is 60.9 Å². The summed E-state index contributed by atoms with van der Waals surface area (Å²) < 4.78 is 5.60. The number of anilines is 3. The minimum atomic E-state index is 0.692. The van der Waals surface area contributed by atoms with Crippen molar-refractivity contribution in [1.82, 2.24) is 24.8 Å². The van der Waals surface area contributed by atoms with Gasteiger partial charge in [0.25, 0.3) is 0 Å². The number of likely N-dealkylation sites (N-methyl/N-ethyl adjacent to an activating group) is 2. The fourth-order valence-electron chi connectivity index (χ4n) is 4.99. The number of aromatic nitrogens is 3. The van der Waals surface area contributed by atoms with E-state index in [1.54, 1.807) is 0 Å². The Morgan fingerprint density at radius 2 is 1.89 bits per heavy atom. The second kappa shape index (κ2) is 11.3. The molecule has 3 aromatic rings. The highest BCUT2D eigenvalue weighted by Gasteiger charge is 2.29. The first kappa shape index (κ1) is 25.2. The zero-order valence-electron chi connectivity index (χ0n) is 22.2. The van der Waals surface area contributed by atoms with Crippen molar-refractivity contribution < 1.29 is 4.74 Å². The predicted octanol–water partition coefficient (Wildman–Crippen LogP) is 3.92. The van der Waals surface area contributed by atoms with Crippen LogP contribution in [0.2, 0.25) is 0 Å². The number of fused-ring (bicyclic) bond motifs is 1. The summed E-state index contributed by atoms with van der Waals surface area (Å²) in [7, 11) is 4.21. The highest BCUT2D eigenvalue weighted by molar-refractivity contribution is 5.78. The number of ether oxygens (including phenoxy) is 1. The highest BCUT2D eigenvalue weighted by atomic mass is 16.5. The average molecular weight is 500 g/mol. The maximum atomic E-state index is 5.60. The summed E-state index contributed by atoms with van der Waals surface area (Å²) in [4.78, 5) is 23.6. The Bertz CT molecular complexity index is 1220. The monoisotopic (exact) mass is 499 g/mol. The van der Waals surface area contributed by atoms with Crippen LogP contribution in [0.3, 0.4) is 0 Å². The molecule has 0 N–H and O–H groups in total. The molecule has 1 fully saturated rings. The molecule has 194 valence electrons. The Kier molecular flexibility index (Phi) is 7.67. The molecule has 0 unspecified atom stereocenters. The van der Waals surface area contributed by atoms with Gasteiger partial charge >= 0.3 is 0 Å². The van der Waals surface area contributed by atoms with Crippen LogP contribution in [-0.4, -0.2) is 91.3 Å². The van der Waals surface area contributed by atoms with Crippen LogP contribution >= 0.6 is 0 Å². The predicted molar refractivity (Wildman–Crippen MR) is 150 cm³/mol. The first-order valence-electron chi connectivity index (χ1n) is 13.2. The average Bonchev–Trinajstić information content (AvgIpc) is 3.38. The summed E-state index contributed by atoms with van der Waals surface area (Å²) in [6, 6.07) is 12.7. The summed E-state index contributed by atoms with van der Waals surface area (Å²) >= 11 is 0. The molecular weight excluding hydrogens is 462 g/mol. The van der Waals surface area contributed by atoms with E-state index in [0.717, 1.165) is 85.7 Å². The molecule has 0 amide bonds. The van der Waals surface area contributed by atoms with Crippen LogP contribution < -0.4 is 9.80 Å². The zero-order valence-corrected chi connectivity index (χ0v) is 22.2. The Hall–Kier alpha value is -3.49. The molecule has 0 aliphatic carbocycles. The quantitative estimate of drug-likeness (QED) is 0.439. The van der Waals surface area contributed by atoms with Gasteiger partial charge in [-0.1, -0.05) is 24.8 Å². The lowest BCUT2D eigenvalue weighted by Crippen LogP contribution is -2.37. The molecule has 2 aromatic heterocycles. The summed E-state index contributed by atoms with van der Waals surface area (Å²) in [5.74, 6) is 1.74. The Balaban J connectivity index is 1.54. The van der Waals surface area contributed by atoms with Crippen LogP contribution in [-0.2, 0) is 11.2 Å². The maximum absolute atomic E-state index is 5.60. The van der Waals surface area contributed by atoms with E-state index < -0.39 is 0 Å². The fraction of sp³-hybridized carbons (Fsp3) is 0.414. The van der Waals surface area contributed by atoms with Gasteiger partial charge in [-0.2, -0.15) is 4.98 Å². The van der Waals surface area contributed by atoms with Gasteiger partial charge in [0.05, 0.1) is 30.8 Å². The molecule has 0 spiro atoms. The fourth-order valence-corrected chi connectivity index (χ4v) is 4.99. The summed E-state index contributed by atoms with van der Waals surface area (Å²) in [6.07, 6.45) is 4.60. The van der Waals surface area contributed by atoms with Gasteiger partial charge < -0.3 is 24.3 Å².